The highest BCUT2D eigenvalue weighted by Gasteiger charge is 2.50. The molecule has 32 heavy (non-hydrogen) atoms. The number of amides is 5. The number of aromatic hydroxyl groups is 1. The third-order valence-corrected chi connectivity index (χ3v) is 6.83. The number of carbonyl (C=O) groups excluding carboxylic acids is 4. The predicted molar refractivity (Wildman–Crippen MR) is 116 cm³/mol. The first-order valence-electron chi connectivity index (χ1n) is 11.4. The number of hydrogen-bond acceptors (Lipinski definition) is 5. The molecular formula is C23H30N4O5. The number of carbonyl (C=O) groups is 4. The van der Waals surface area contributed by atoms with Gasteiger partial charge in [0.1, 0.15) is 11.3 Å². The van der Waals surface area contributed by atoms with Gasteiger partial charge >= 0.3 is 17.8 Å². The zero-order valence-electron chi connectivity index (χ0n) is 18.1. The maximum Gasteiger partial charge on any atom is 0.325 e. The number of imide groups is 1. The van der Waals surface area contributed by atoms with Crippen LogP contribution in [0.2, 0.25) is 0 Å². The lowest BCUT2D eigenvalue weighted by Gasteiger charge is -2.30. The second-order valence-corrected chi connectivity index (χ2v) is 8.97. The minimum Gasteiger partial charge on any atom is -0.508 e. The molecule has 0 radical (unpaired) electrons. The van der Waals surface area contributed by atoms with E-state index in [1.54, 1.807) is 12.1 Å². The largest absolute Gasteiger partial charge is 0.508 e. The van der Waals surface area contributed by atoms with Crippen molar-refractivity contribution in [1.29, 1.82) is 0 Å². The van der Waals surface area contributed by atoms with Crippen LogP contribution in [0, 0.1) is 0 Å². The Bertz CT molecular complexity index is 894. The number of urea groups is 1. The second kappa shape index (κ2) is 9.18. The molecule has 0 aromatic heterocycles. The number of likely N-dealkylation sites (tertiary alicyclic amines) is 1. The van der Waals surface area contributed by atoms with Crippen molar-refractivity contribution in [2.75, 3.05) is 26.2 Å². The van der Waals surface area contributed by atoms with Crippen LogP contribution in [0.3, 0.4) is 0 Å². The number of benzene rings is 1. The summed E-state index contributed by atoms with van der Waals surface area (Å²) >= 11 is 0. The number of hydrogen-bond donors (Lipinski definition) is 3. The molecule has 4 rings (SSSR count). The Balaban J connectivity index is 1.20. The van der Waals surface area contributed by atoms with Crippen molar-refractivity contribution in [2.24, 2.45) is 0 Å². The van der Waals surface area contributed by atoms with Gasteiger partial charge in [-0.1, -0.05) is 31.4 Å². The van der Waals surface area contributed by atoms with Crippen LogP contribution in [0.15, 0.2) is 24.3 Å². The van der Waals surface area contributed by atoms with Crippen LogP contribution >= 0.6 is 0 Å². The molecule has 0 bridgehead atoms. The van der Waals surface area contributed by atoms with Crippen molar-refractivity contribution >= 4 is 23.8 Å². The van der Waals surface area contributed by atoms with Gasteiger partial charge in [0.05, 0.1) is 0 Å². The maximum absolute atomic E-state index is 12.7. The molecule has 1 atom stereocenters. The smallest absolute Gasteiger partial charge is 0.325 e. The fraction of sp³-hybridized carbons (Fsp3) is 0.565. The third-order valence-electron chi connectivity index (χ3n) is 6.83. The standard InChI is InChI=1S/C23H30N4O5/c28-18-7-5-16(6-8-18)17-9-14-26(15-17)20(30)19(29)24-12-4-13-27-21(31)23(25-22(27)32)10-2-1-3-11-23/h5-8,17,28H,1-4,9-15H2,(H,24,29)(H,25,32). The summed E-state index contributed by atoms with van der Waals surface area (Å²) in [5.74, 6) is -1.07. The van der Waals surface area contributed by atoms with Crippen molar-refractivity contribution in [3.8, 4) is 5.75 Å². The highest BCUT2D eigenvalue weighted by Crippen LogP contribution is 2.33. The van der Waals surface area contributed by atoms with Crippen molar-refractivity contribution in [3.63, 3.8) is 0 Å². The Kier molecular flexibility index (Phi) is 6.34. The lowest BCUT2D eigenvalue weighted by Crippen LogP contribution is -2.48. The molecule has 1 aromatic rings. The van der Waals surface area contributed by atoms with Gasteiger partial charge in [-0.2, -0.15) is 0 Å². The molecule has 2 saturated heterocycles. The number of nitrogens with zero attached hydrogens (tertiary/aromatic N) is 2. The third kappa shape index (κ3) is 4.42. The molecule has 1 aromatic carbocycles. The Labute approximate surface area is 187 Å². The average molecular weight is 443 g/mol. The summed E-state index contributed by atoms with van der Waals surface area (Å²) in [5.41, 5.74) is 0.293. The van der Waals surface area contributed by atoms with E-state index in [1.807, 2.05) is 12.1 Å². The normalized spacial score (nSPS) is 22.3. The molecule has 1 unspecified atom stereocenters. The SMILES string of the molecule is O=C(NCCCN1C(=O)NC2(CCCCC2)C1=O)C(=O)N1CCC(c2ccc(O)cc2)C1. The summed E-state index contributed by atoms with van der Waals surface area (Å²) in [6.07, 6.45) is 5.46. The zero-order valence-corrected chi connectivity index (χ0v) is 18.1. The summed E-state index contributed by atoms with van der Waals surface area (Å²) in [5, 5.41) is 14.9. The zero-order chi connectivity index (χ0) is 22.7. The summed E-state index contributed by atoms with van der Waals surface area (Å²) < 4.78 is 0. The first-order valence-corrected chi connectivity index (χ1v) is 11.4. The minimum atomic E-state index is -0.738. The van der Waals surface area contributed by atoms with Gasteiger partial charge in [-0.15, -0.1) is 0 Å². The lowest BCUT2D eigenvalue weighted by molar-refractivity contribution is -0.145. The van der Waals surface area contributed by atoms with E-state index in [0.29, 0.717) is 32.4 Å². The van der Waals surface area contributed by atoms with Gasteiger partial charge < -0.3 is 20.6 Å². The molecule has 9 heteroatoms. The molecule has 3 aliphatic rings. The molecule has 5 amide bonds. The number of phenolic OH excluding ortho intramolecular Hbond substituents is 1. The Morgan fingerprint density at radius 2 is 1.84 bits per heavy atom. The van der Waals surface area contributed by atoms with Crippen LogP contribution in [-0.4, -0.2) is 70.4 Å². The molecule has 3 N–H and O–H groups in total. The summed E-state index contributed by atoms with van der Waals surface area (Å²) in [4.78, 5) is 52.6. The number of nitrogens with one attached hydrogen (secondary N) is 2. The number of phenols is 1. The van der Waals surface area contributed by atoms with Crippen LogP contribution in [0.25, 0.3) is 0 Å². The van der Waals surface area contributed by atoms with E-state index < -0.39 is 17.4 Å². The van der Waals surface area contributed by atoms with Crippen LogP contribution in [0.5, 0.6) is 5.75 Å². The quantitative estimate of drug-likeness (QED) is 0.362. The summed E-state index contributed by atoms with van der Waals surface area (Å²) in [6.45, 7) is 1.39. The molecular weight excluding hydrogens is 412 g/mol. The Morgan fingerprint density at radius 1 is 1.12 bits per heavy atom. The molecule has 2 aliphatic heterocycles. The first kappa shape index (κ1) is 22.1. The van der Waals surface area contributed by atoms with Crippen LogP contribution in [0.1, 0.15) is 56.4 Å². The highest BCUT2D eigenvalue weighted by molar-refractivity contribution is 6.35. The molecule has 1 spiro atoms. The van der Waals surface area contributed by atoms with E-state index in [-0.39, 0.29) is 36.7 Å². The van der Waals surface area contributed by atoms with E-state index in [2.05, 4.69) is 10.6 Å². The van der Waals surface area contributed by atoms with E-state index in [9.17, 15) is 24.3 Å². The first-order chi connectivity index (χ1) is 15.4. The summed E-state index contributed by atoms with van der Waals surface area (Å²) in [7, 11) is 0. The van der Waals surface area contributed by atoms with Gasteiger partial charge in [0.25, 0.3) is 5.91 Å². The number of rotatable bonds is 5. The molecule has 1 aliphatic carbocycles. The van der Waals surface area contributed by atoms with Crippen LogP contribution < -0.4 is 10.6 Å². The van der Waals surface area contributed by atoms with Gasteiger partial charge in [-0.05, 0) is 43.4 Å². The predicted octanol–water partition coefficient (Wildman–Crippen LogP) is 1.47. The monoisotopic (exact) mass is 442 g/mol. The lowest BCUT2D eigenvalue weighted by atomic mass is 9.82. The van der Waals surface area contributed by atoms with Gasteiger partial charge in [0.15, 0.2) is 0 Å². The molecule has 2 heterocycles. The van der Waals surface area contributed by atoms with E-state index >= 15 is 0 Å². The van der Waals surface area contributed by atoms with Crippen molar-refractivity contribution in [2.45, 2.75) is 56.4 Å². The second-order valence-electron chi connectivity index (χ2n) is 8.97. The highest BCUT2D eigenvalue weighted by atomic mass is 16.3. The molecule has 172 valence electrons. The average Bonchev–Trinajstić information content (AvgIpc) is 3.36. The van der Waals surface area contributed by atoms with Gasteiger partial charge in [-0.3, -0.25) is 19.3 Å². The van der Waals surface area contributed by atoms with Gasteiger partial charge in [-0.25, -0.2) is 4.79 Å². The van der Waals surface area contributed by atoms with Gasteiger partial charge in [0.2, 0.25) is 0 Å². The van der Waals surface area contributed by atoms with Crippen molar-refractivity contribution < 1.29 is 24.3 Å². The molecule has 3 fully saturated rings. The topological polar surface area (TPSA) is 119 Å². The van der Waals surface area contributed by atoms with E-state index in [0.717, 1.165) is 31.2 Å². The van der Waals surface area contributed by atoms with Crippen LogP contribution in [0.4, 0.5) is 4.79 Å². The van der Waals surface area contributed by atoms with E-state index in [1.165, 1.54) is 9.80 Å². The van der Waals surface area contributed by atoms with Crippen molar-refractivity contribution in [3.05, 3.63) is 29.8 Å². The molecule has 1 saturated carbocycles. The maximum atomic E-state index is 12.7. The van der Waals surface area contributed by atoms with Gasteiger partial charge in [0, 0.05) is 32.1 Å². The Hall–Kier alpha value is -3.10. The minimum absolute atomic E-state index is 0.138. The fourth-order valence-electron chi connectivity index (χ4n) is 5.00. The Morgan fingerprint density at radius 3 is 2.56 bits per heavy atom. The van der Waals surface area contributed by atoms with Crippen molar-refractivity contribution in [1.82, 2.24) is 20.4 Å². The van der Waals surface area contributed by atoms with Crippen LogP contribution in [-0.2, 0) is 14.4 Å². The van der Waals surface area contributed by atoms with E-state index in [4.69, 9.17) is 0 Å². The fourth-order valence-corrected chi connectivity index (χ4v) is 5.00. The molecule has 9 nitrogen and oxygen atoms in total. The summed E-state index contributed by atoms with van der Waals surface area (Å²) in [6, 6.07) is 6.54.